The molecule has 0 aromatic heterocycles. The van der Waals surface area contributed by atoms with Gasteiger partial charge in [-0.2, -0.15) is 0 Å². The van der Waals surface area contributed by atoms with Crippen LogP contribution < -0.4 is 15.1 Å². The second-order valence-corrected chi connectivity index (χ2v) is 9.86. The maximum Gasteiger partial charge on any atom is 0.410 e. The van der Waals surface area contributed by atoms with Crippen molar-refractivity contribution in [2.75, 3.05) is 43.0 Å². The monoisotopic (exact) mass is 459 g/mol. The number of hydrogen-bond donors (Lipinski definition) is 2. The zero-order valence-corrected chi connectivity index (χ0v) is 19.7. The lowest BCUT2D eigenvalue weighted by Gasteiger charge is -2.36. The van der Waals surface area contributed by atoms with Gasteiger partial charge in [0.1, 0.15) is 11.6 Å². The summed E-state index contributed by atoms with van der Waals surface area (Å²) in [5, 5.41) is 13.3. The first-order valence-electron chi connectivity index (χ1n) is 11.4. The molecule has 0 radical (unpaired) electrons. The highest BCUT2D eigenvalue weighted by molar-refractivity contribution is 6.02. The van der Waals surface area contributed by atoms with Gasteiger partial charge in [0.05, 0.1) is 11.4 Å². The van der Waals surface area contributed by atoms with Gasteiger partial charge in [0, 0.05) is 46.2 Å². The molecule has 2 N–H and O–H groups in total. The Bertz CT molecular complexity index is 938. The van der Waals surface area contributed by atoms with Gasteiger partial charge in [0.15, 0.2) is 0 Å². The lowest BCUT2D eigenvalue weighted by Crippen LogP contribution is -2.56. The van der Waals surface area contributed by atoms with Crippen LogP contribution in [-0.2, 0) is 20.9 Å². The average Bonchev–Trinajstić information content (AvgIpc) is 2.99. The molecule has 1 aromatic carbocycles. The highest BCUT2D eigenvalue weighted by Crippen LogP contribution is 2.43. The topological polar surface area (TPSA) is 106 Å². The van der Waals surface area contributed by atoms with Crippen LogP contribution in [0, 0.1) is 0 Å². The van der Waals surface area contributed by atoms with Crippen molar-refractivity contribution >= 4 is 29.3 Å². The van der Waals surface area contributed by atoms with Crippen molar-refractivity contribution in [2.45, 2.75) is 58.2 Å². The number of amides is 3. The van der Waals surface area contributed by atoms with Gasteiger partial charge < -0.3 is 24.5 Å². The number of imide groups is 1. The lowest BCUT2D eigenvalue weighted by atomic mass is 10.0. The van der Waals surface area contributed by atoms with Crippen LogP contribution >= 0.6 is 0 Å². The molecule has 2 saturated heterocycles. The zero-order valence-electron chi connectivity index (χ0n) is 19.7. The van der Waals surface area contributed by atoms with Gasteiger partial charge in [-0.1, -0.05) is 12.1 Å². The molecule has 3 aliphatic rings. The third-order valence-electron chi connectivity index (χ3n) is 6.29. The second-order valence-electron chi connectivity index (χ2n) is 9.86. The molecule has 2 unspecified atom stereocenters. The normalized spacial score (nSPS) is 24.1. The predicted octanol–water partition coefficient (Wildman–Crippen LogP) is 1.08. The predicted molar refractivity (Wildman–Crippen MR) is 123 cm³/mol. The van der Waals surface area contributed by atoms with Crippen molar-refractivity contribution in [1.29, 1.82) is 0 Å². The number of piperidine rings is 1. The van der Waals surface area contributed by atoms with Crippen LogP contribution in [0.3, 0.4) is 0 Å². The number of carbonyl (C=O) groups excluding carboxylic acids is 3. The largest absolute Gasteiger partial charge is 0.444 e. The van der Waals surface area contributed by atoms with Gasteiger partial charge in [-0.15, -0.1) is 0 Å². The molecule has 4 rings (SSSR count). The number of para-hydroxylation sites is 1. The van der Waals surface area contributed by atoms with Crippen LogP contribution in [0.1, 0.15) is 39.2 Å². The van der Waals surface area contributed by atoms with Gasteiger partial charge in [0.2, 0.25) is 18.2 Å². The standard InChI is InChI=1S/C23H33N5O5/c1-23(2,3)33-22(32)27-12-10-26(11-13-27)14-15-6-5-7-16-19(15)25(4)21(31)28(16)17-8-9-18(29)24-20(17)30/h5-7,17,21,31H,8-14H2,1-4H3,(H,24,29,30). The van der Waals surface area contributed by atoms with E-state index in [4.69, 9.17) is 4.74 Å². The highest BCUT2D eigenvalue weighted by atomic mass is 16.6. The molecule has 0 spiro atoms. The first kappa shape index (κ1) is 23.3. The maximum atomic E-state index is 12.5. The summed E-state index contributed by atoms with van der Waals surface area (Å²) in [6.45, 7) is 8.85. The van der Waals surface area contributed by atoms with E-state index < -0.39 is 18.0 Å². The molecule has 33 heavy (non-hydrogen) atoms. The Kier molecular flexibility index (Phi) is 6.24. The second kappa shape index (κ2) is 8.83. The number of anilines is 2. The van der Waals surface area contributed by atoms with Gasteiger partial charge >= 0.3 is 6.09 Å². The Hall–Kier alpha value is -2.85. The van der Waals surface area contributed by atoms with E-state index in [2.05, 4.69) is 10.2 Å². The Morgan fingerprint density at radius 1 is 1.18 bits per heavy atom. The van der Waals surface area contributed by atoms with E-state index in [-0.39, 0.29) is 24.3 Å². The van der Waals surface area contributed by atoms with E-state index in [0.717, 1.165) is 16.9 Å². The number of benzene rings is 1. The molecular formula is C23H33N5O5. The average molecular weight is 460 g/mol. The first-order valence-corrected chi connectivity index (χ1v) is 11.4. The number of aliphatic hydroxyl groups excluding tert-OH is 1. The summed E-state index contributed by atoms with van der Waals surface area (Å²) in [5.74, 6) is -0.659. The quantitative estimate of drug-likeness (QED) is 0.647. The number of fused-ring (bicyclic) bond motifs is 1. The molecule has 2 fully saturated rings. The van der Waals surface area contributed by atoms with Crippen LogP contribution in [0.25, 0.3) is 0 Å². The van der Waals surface area contributed by atoms with Crippen LogP contribution in [0.4, 0.5) is 16.2 Å². The fourth-order valence-corrected chi connectivity index (χ4v) is 4.68. The Labute approximate surface area is 194 Å². The van der Waals surface area contributed by atoms with E-state index in [0.29, 0.717) is 39.1 Å². The molecule has 2 atom stereocenters. The molecular weight excluding hydrogens is 426 g/mol. The van der Waals surface area contributed by atoms with E-state index in [9.17, 15) is 19.5 Å². The molecule has 0 bridgehead atoms. The molecule has 0 saturated carbocycles. The Morgan fingerprint density at radius 2 is 1.88 bits per heavy atom. The Morgan fingerprint density at radius 3 is 2.52 bits per heavy atom. The summed E-state index contributed by atoms with van der Waals surface area (Å²) in [5.41, 5.74) is 2.18. The molecule has 10 heteroatoms. The maximum absolute atomic E-state index is 12.5. The molecule has 180 valence electrons. The van der Waals surface area contributed by atoms with Crippen molar-refractivity contribution < 1.29 is 24.2 Å². The van der Waals surface area contributed by atoms with Crippen LogP contribution in [-0.4, -0.2) is 84.0 Å². The summed E-state index contributed by atoms with van der Waals surface area (Å²) in [6, 6.07) is 5.25. The lowest BCUT2D eigenvalue weighted by molar-refractivity contribution is -0.134. The smallest absolute Gasteiger partial charge is 0.410 e. The van der Waals surface area contributed by atoms with E-state index in [1.807, 2.05) is 39.0 Å². The summed E-state index contributed by atoms with van der Waals surface area (Å²) >= 11 is 0. The molecule has 3 amide bonds. The molecule has 1 aromatic rings. The number of rotatable bonds is 3. The zero-order chi connectivity index (χ0) is 23.9. The van der Waals surface area contributed by atoms with E-state index in [1.165, 1.54) is 0 Å². The number of aliphatic hydroxyl groups is 1. The number of nitrogens with one attached hydrogen (secondary N) is 1. The van der Waals surface area contributed by atoms with Gasteiger partial charge in [-0.3, -0.25) is 19.8 Å². The molecule has 0 aliphatic carbocycles. The van der Waals surface area contributed by atoms with E-state index in [1.54, 1.807) is 21.7 Å². The number of piperazine rings is 1. The Balaban J connectivity index is 1.46. The van der Waals surface area contributed by atoms with Gasteiger partial charge in [0.25, 0.3) is 0 Å². The van der Waals surface area contributed by atoms with Crippen molar-refractivity contribution in [3.63, 3.8) is 0 Å². The first-order chi connectivity index (χ1) is 15.5. The van der Waals surface area contributed by atoms with E-state index >= 15 is 0 Å². The summed E-state index contributed by atoms with van der Waals surface area (Å²) in [7, 11) is 1.80. The van der Waals surface area contributed by atoms with Gasteiger partial charge in [-0.05, 0) is 38.8 Å². The molecule has 10 nitrogen and oxygen atoms in total. The third-order valence-corrected chi connectivity index (χ3v) is 6.29. The van der Waals surface area contributed by atoms with Crippen molar-refractivity contribution in [2.24, 2.45) is 0 Å². The summed E-state index contributed by atoms with van der Waals surface area (Å²) in [6.07, 6.45) is -0.661. The summed E-state index contributed by atoms with van der Waals surface area (Å²) in [4.78, 5) is 43.9. The van der Waals surface area contributed by atoms with Gasteiger partial charge in [-0.25, -0.2) is 4.79 Å². The number of ether oxygens (including phenoxy) is 1. The van der Waals surface area contributed by atoms with Crippen molar-refractivity contribution in [1.82, 2.24) is 15.1 Å². The number of nitrogens with zero attached hydrogens (tertiary/aromatic N) is 4. The molecule has 3 heterocycles. The van der Waals surface area contributed by atoms with Crippen LogP contribution in [0.5, 0.6) is 0 Å². The number of hydrogen-bond acceptors (Lipinski definition) is 8. The summed E-state index contributed by atoms with van der Waals surface area (Å²) < 4.78 is 5.48. The fourth-order valence-electron chi connectivity index (χ4n) is 4.68. The minimum Gasteiger partial charge on any atom is -0.444 e. The highest BCUT2D eigenvalue weighted by Gasteiger charge is 2.43. The fraction of sp³-hybridized carbons (Fsp3) is 0.609. The van der Waals surface area contributed by atoms with Crippen LogP contribution in [0.15, 0.2) is 18.2 Å². The number of carbonyl (C=O) groups is 3. The van der Waals surface area contributed by atoms with Crippen molar-refractivity contribution in [3.05, 3.63) is 23.8 Å². The SMILES string of the molecule is CN1c2c(CN3CCN(C(=O)OC(C)(C)C)CC3)cccc2N(C2CCC(=O)NC2=O)C1O. The van der Waals surface area contributed by atoms with Crippen LogP contribution in [0.2, 0.25) is 0 Å². The minimum absolute atomic E-state index is 0.250. The van der Waals surface area contributed by atoms with Crippen molar-refractivity contribution in [3.8, 4) is 0 Å². The minimum atomic E-state index is -0.992. The molecule has 3 aliphatic heterocycles. The third kappa shape index (κ3) is 4.77.